The lowest BCUT2D eigenvalue weighted by atomic mass is 10.2. The highest BCUT2D eigenvalue weighted by Crippen LogP contribution is 2.22. The number of halogens is 1. The first-order valence-corrected chi connectivity index (χ1v) is 3.87. The zero-order valence-electron chi connectivity index (χ0n) is 6.57. The normalized spacial score (nSPS) is 10.5. The van der Waals surface area contributed by atoms with E-state index in [4.69, 9.17) is 16.7 Å². The molecule has 0 heterocycles. The van der Waals surface area contributed by atoms with E-state index in [0.717, 1.165) is 6.08 Å². The molecule has 4 heteroatoms. The number of hydrogen-bond donors (Lipinski definition) is 2. The summed E-state index contributed by atoms with van der Waals surface area (Å²) in [5, 5.41) is 18.0. The van der Waals surface area contributed by atoms with Crippen molar-refractivity contribution in [1.29, 1.82) is 0 Å². The van der Waals surface area contributed by atoms with Crippen molar-refractivity contribution < 1.29 is 15.0 Å². The fourth-order valence-corrected chi connectivity index (χ4v) is 0.985. The van der Waals surface area contributed by atoms with Crippen LogP contribution < -0.4 is 0 Å². The van der Waals surface area contributed by atoms with Crippen molar-refractivity contribution in [2.75, 3.05) is 0 Å². The second-order valence-electron chi connectivity index (χ2n) is 2.37. The molecule has 0 saturated carbocycles. The van der Waals surface area contributed by atoms with Gasteiger partial charge in [-0.15, -0.1) is 0 Å². The number of rotatable bonds is 2. The standard InChI is InChI=1S/C9H7ClO3/c10-7-3-1-6(8(11)5-7)2-4-9(12)13/h1-5,11H,(H,12,13)/b4-2+. The van der Waals surface area contributed by atoms with E-state index in [2.05, 4.69) is 0 Å². The van der Waals surface area contributed by atoms with Gasteiger partial charge in [0.05, 0.1) is 0 Å². The molecule has 0 fully saturated rings. The Bertz CT molecular complexity index is 358. The van der Waals surface area contributed by atoms with Gasteiger partial charge in [0.25, 0.3) is 0 Å². The molecule has 0 radical (unpaired) electrons. The number of phenols is 1. The largest absolute Gasteiger partial charge is 0.507 e. The molecule has 0 saturated heterocycles. The van der Waals surface area contributed by atoms with E-state index >= 15 is 0 Å². The minimum absolute atomic E-state index is 0.0370. The summed E-state index contributed by atoms with van der Waals surface area (Å²) < 4.78 is 0. The zero-order valence-corrected chi connectivity index (χ0v) is 7.32. The molecule has 0 amide bonds. The average molecular weight is 199 g/mol. The summed E-state index contributed by atoms with van der Waals surface area (Å²) in [6.45, 7) is 0. The summed E-state index contributed by atoms with van der Waals surface area (Å²) in [5.41, 5.74) is 0.423. The van der Waals surface area contributed by atoms with Gasteiger partial charge in [-0.2, -0.15) is 0 Å². The molecule has 0 aliphatic carbocycles. The van der Waals surface area contributed by atoms with E-state index < -0.39 is 5.97 Å². The highest BCUT2D eigenvalue weighted by molar-refractivity contribution is 6.30. The van der Waals surface area contributed by atoms with Gasteiger partial charge in [-0.3, -0.25) is 0 Å². The van der Waals surface area contributed by atoms with Crippen molar-refractivity contribution in [3.8, 4) is 5.75 Å². The van der Waals surface area contributed by atoms with Gasteiger partial charge in [0, 0.05) is 16.7 Å². The Morgan fingerprint density at radius 1 is 1.46 bits per heavy atom. The third kappa shape index (κ3) is 2.80. The first kappa shape index (κ1) is 9.61. The second kappa shape index (κ2) is 3.96. The summed E-state index contributed by atoms with van der Waals surface area (Å²) >= 11 is 5.58. The molecule has 0 unspecified atom stereocenters. The molecule has 1 aromatic rings. The zero-order chi connectivity index (χ0) is 9.84. The number of carboxylic acids is 1. The van der Waals surface area contributed by atoms with Crippen LogP contribution in [0.4, 0.5) is 0 Å². The maximum Gasteiger partial charge on any atom is 0.328 e. The lowest BCUT2D eigenvalue weighted by Gasteiger charge is -1.97. The molecule has 0 bridgehead atoms. The van der Waals surface area contributed by atoms with Crippen LogP contribution in [0.1, 0.15) is 5.56 Å². The second-order valence-corrected chi connectivity index (χ2v) is 2.81. The molecule has 13 heavy (non-hydrogen) atoms. The lowest BCUT2D eigenvalue weighted by Crippen LogP contribution is -1.85. The van der Waals surface area contributed by atoms with Crippen LogP contribution in [-0.4, -0.2) is 16.2 Å². The fraction of sp³-hybridized carbons (Fsp3) is 0. The van der Waals surface area contributed by atoms with Crippen LogP contribution in [0.5, 0.6) is 5.75 Å². The van der Waals surface area contributed by atoms with Gasteiger partial charge in [-0.25, -0.2) is 4.79 Å². The van der Waals surface area contributed by atoms with Crippen molar-refractivity contribution in [3.05, 3.63) is 34.9 Å². The number of carboxylic acid groups (broad SMARTS) is 1. The molecule has 2 N–H and O–H groups in total. The van der Waals surface area contributed by atoms with Gasteiger partial charge in [0.15, 0.2) is 0 Å². The van der Waals surface area contributed by atoms with Gasteiger partial charge < -0.3 is 10.2 Å². The predicted molar refractivity (Wildman–Crippen MR) is 49.8 cm³/mol. The molecule has 0 aromatic heterocycles. The summed E-state index contributed by atoms with van der Waals surface area (Å²) in [6, 6.07) is 4.46. The smallest absolute Gasteiger partial charge is 0.328 e. The van der Waals surface area contributed by atoms with E-state index in [-0.39, 0.29) is 5.75 Å². The van der Waals surface area contributed by atoms with Crippen molar-refractivity contribution in [2.45, 2.75) is 0 Å². The Labute approximate surface area is 79.9 Å². The summed E-state index contributed by atoms with van der Waals surface area (Å²) in [6.07, 6.45) is 2.25. The van der Waals surface area contributed by atoms with Gasteiger partial charge in [-0.1, -0.05) is 11.6 Å². The minimum Gasteiger partial charge on any atom is -0.507 e. The van der Waals surface area contributed by atoms with E-state index in [1.807, 2.05) is 0 Å². The number of phenolic OH excluding ortho intramolecular Hbond substituents is 1. The number of aliphatic carboxylic acids is 1. The maximum atomic E-state index is 10.2. The Morgan fingerprint density at radius 2 is 2.15 bits per heavy atom. The SMILES string of the molecule is O=C(O)/C=C/c1ccc(Cl)cc1O. The fourth-order valence-electron chi connectivity index (χ4n) is 0.819. The molecule has 68 valence electrons. The minimum atomic E-state index is -1.06. The summed E-state index contributed by atoms with van der Waals surface area (Å²) in [5.74, 6) is -1.10. The summed E-state index contributed by atoms with van der Waals surface area (Å²) in [7, 11) is 0. The molecular formula is C9H7ClO3. The highest BCUT2D eigenvalue weighted by atomic mass is 35.5. The lowest BCUT2D eigenvalue weighted by molar-refractivity contribution is -0.131. The Morgan fingerprint density at radius 3 is 2.69 bits per heavy atom. The first-order valence-electron chi connectivity index (χ1n) is 3.49. The number of carbonyl (C=O) groups is 1. The Kier molecular flexibility index (Phi) is 2.93. The monoisotopic (exact) mass is 198 g/mol. The molecule has 1 aromatic carbocycles. The van der Waals surface area contributed by atoms with Crippen LogP contribution >= 0.6 is 11.6 Å². The quantitative estimate of drug-likeness (QED) is 0.716. The molecule has 0 atom stereocenters. The molecule has 3 nitrogen and oxygen atoms in total. The van der Waals surface area contributed by atoms with Crippen molar-refractivity contribution in [1.82, 2.24) is 0 Å². The molecule has 0 spiro atoms. The first-order chi connectivity index (χ1) is 6.09. The topological polar surface area (TPSA) is 57.5 Å². The van der Waals surface area contributed by atoms with Crippen molar-refractivity contribution >= 4 is 23.6 Å². The van der Waals surface area contributed by atoms with Crippen LogP contribution in [0, 0.1) is 0 Å². The summed E-state index contributed by atoms with van der Waals surface area (Å²) in [4.78, 5) is 10.2. The number of aromatic hydroxyl groups is 1. The van der Waals surface area contributed by atoms with Gasteiger partial charge in [-0.05, 0) is 24.3 Å². The van der Waals surface area contributed by atoms with Crippen LogP contribution in [0.25, 0.3) is 6.08 Å². The van der Waals surface area contributed by atoms with Crippen LogP contribution in [0.2, 0.25) is 5.02 Å². The van der Waals surface area contributed by atoms with Gasteiger partial charge >= 0.3 is 5.97 Å². The molecule has 0 aliphatic rings. The van der Waals surface area contributed by atoms with E-state index in [1.165, 1.54) is 18.2 Å². The number of hydrogen-bond acceptors (Lipinski definition) is 2. The van der Waals surface area contributed by atoms with Gasteiger partial charge in [0.2, 0.25) is 0 Å². The predicted octanol–water partition coefficient (Wildman–Crippen LogP) is 2.14. The Balaban J connectivity index is 2.96. The highest BCUT2D eigenvalue weighted by Gasteiger charge is 1.98. The van der Waals surface area contributed by atoms with Crippen LogP contribution in [0.15, 0.2) is 24.3 Å². The van der Waals surface area contributed by atoms with Crippen molar-refractivity contribution in [2.24, 2.45) is 0 Å². The average Bonchev–Trinajstić information content (AvgIpc) is 2.02. The van der Waals surface area contributed by atoms with E-state index in [0.29, 0.717) is 10.6 Å². The van der Waals surface area contributed by atoms with E-state index in [1.54, 1.807) is 6.07 Å². The molecule has 1 rings (SSSR count). The maximum absolute atomic E-state index is 10.2. The van der Waals surface area contributed by atoms with E-state index in [9.17, 15) is 9.90 Å². The van der Waals surface area contributed by atoms with Crippen molar-refractivity contribution in [3.63, 3.8) is 0 Å². The Hall–Kier alpha value is -1.48. The molecular weight excluding hydrogens is 192 g/mol. The third-order valence-corrected chi connectivity index (χ3v) is 1.63. The van der Waals surface area contributed by atoms with Crippen LogP contribution in [-0.2, 0) is 4.79 Å². The number of benzene rings is 1. The van der Waals surface area contributed by atoms with Gasteiger partial charge in [0.1, 0.15) is 5.75 Å². The molecule has 0 aliphatic heterocycles. The van der Waals surface area contributed by atoms with Crippen LogP contribution in [0.3, 0.4) is 0 Å². The third-order valence-electron chi connectivity index (χ3n) is 1.40.